The molecule has 1 atom stereocenters. The molecule has 1 aromatic rings. The van der Waals surface area contributed by atoms with Crippen LogP contribution < -0.4 is 15.4 Å². The highest BCUT2D eigenvalue weighted by Gasteiger charge is 2.53. The quantitative estimate of drug-likeness (QED) is 0.877. The molecule has 0 spiro atoms. The fourth-order valence-corrected chi connectivity index (χ4v) is 3.08. The number of carbonyl (C=O) groups excluding carboxylic acids is 1. The second kappa shape index (κ2) is 5.44. The van der Waals surface area contributed by atoms with Crippen molar-refractivity contribution in [3.05, 3.63) is 29.8 Å². The zero-order valence-corrected chi connectivity index (χ0v) is 11.9. The highest BCUT2D eigenvalue weighted by Crippen LogP contribution is 2.51. The molecule has 0 bridgehead atoms. The van der Waals surface area contributed by atoms with Crippen LogP contribution in [0.5, 0.6) is 5.75 Å². The van der Waals surface area contributed by atoms with E-state index in [9.17, 15) is 4.79 Å². The number of amides is 1. The van der Waals surface area contributed by atoms with Crippen molar-refractivity contribution in [2.45, 2.75) is 37.1 Å². The lowest BCUT2D eigenvalue weighted by molar-refractivity contribution is -0.124. The highest BCUT2D eigenvalue weighted by molar-refractivity contribution is 5.92. The summed E-state index contributed by atoms with van der Waals surface area (Å²) in [6.45, 7) is 1.94. The summed E-state index contributed by atoms with van der Waals surface area (Å²) in [6, 6.07) is 8.15. The van der Waals surface area contributed by atoms with Crippen molar-refractivity contribution in [3.8, 4) is 5.75 Å². The molecule has 108 valence electrons. The van der Waals surface area contributed by atoms with Gasteiger partial charge in [0.25, 0.3) is 0 Å². The van der Waals surface area contributed by atoms with E-state index in [2.05, 4.69) is 10.6 Å². The maximum absolute atomic E-state index is 12.7. The summed E-state index contributed by atoms with van der Waals surface area (Å²) in [5, 5.41) is 6.55. The molecule has 4 nitrogen and oxygen atoms in total. The molecule has 2 aliphatic rings. The number of hydrogen-bond acceptors (Lipinski definition) is 3. The van der Waals surface area contributed by atoms with Crippen LogP contribution in [0.15, 0.2) is 24.3 Å². The first-order chi connectivity index (χ1) is 9.76. The molecular formula is C16H22N2O2. The lowest BCUT2D eigenvalue weighted by atomic mass is 9.93. The van der Waals surface area contributed by atoms with Gasteiger partial charge in [0.1, 0.15) is 5.75 Å². The molecule has 1 aromatic carbocycles. The second-order valence-electron chi connectivity index (χ2n) is 5.80. The monoisotopic (exact) mass is 274 g/mol. The first-order valence-corrected chi connectivity index (χ1v) is 7.41. The minimum atomic E-state index is -0.357. The lowest BCUT2D eigenvalue weighted by Crippen LogP contribution is -2.48. The number of piperidine rings is 1. The Kier molecular flexibility index (Phi) is 3.66. The van der Waals surface area contributed by atoms with Gasteiger partial charge in [-0.25, -0.2) is 0 Å². The normalized spacial score (nSPS) is 23.9. The Morgan fingerprint density at radius 2 is 2.20 bits per heavy atom. The van der Waals surface area contributed by atoms with Crippen LogP contribution in [-0.2, 0) is 10.2 Å². The minimum absolute atomic E-state index is 0.163. The smallest absolute Gasteiger partial charge is 0.231 e. The van der Waals surface area contributed by atoms with Crippen molar-refractivity contribution in [3.63, 3.8) is 0 Å². The van der Waals surface area contributed by atoms with E-state index >= 15 is 0 Å². The number of para-hydroxylation sites is 1. The average molecular weight is 274 g/mol. The van der Waals surface area contributed by atoms with E-state index in [1.54, 1.807) is 7.11 Å². The van der Waals surface area contributed by atoms with E-state index in [1.807, 2.05) is 24.3 Å². The Balaban J connectivity index is 1.76. The number of methoxy groups -OCH3 is 1. The molecule has 1 saturated heterocycles. The highest BCUT2D eigenvalue weighted by atomic mass is 16.5. The van der Waals surface area contributed by atoms with Crippen LogP contribution in [0.1, 0.15) is 31.2 Å². The lowest BCUT2D eigenvalue weighted by Gasteiger charge is -2.27. The van der Waals surface area contributed by atoms with Gasteiger partial charge in [0.2, 0.25) is 5.91 Å². The largest absolute Gasteiger partial charge is 0.496 e. The van der Waals surface area contributed by atoms with Gasteiger partial charge in [0.05, 0.1) is 12.5 Å². The van der Waals surface area contributed by atoms with E-state index in [-0.39, 0.29) is 17.4 Å². The van der Waals surface area contributed by atoms with Crippen molar-refractivity contribution in [1.82, 2.24) is 10.6 Å². The molecule has 0 unspecified atom stereocenters. The second-order valence-corrected chi connectivity index (χ2v) is 5.80. The summed E-state index contributed by atoms with van der Waals surface area (Å²) in [5.41, 5.74) is 0.674. The summed E-state index contributed by atoms with van der Waals surface area (Å²) >= 11 is 0. The standard InChI is InChI=1S/C16H22N2O2/c1-20-14-7-3-2-6-13(14)16(8-9-16)15(19)18-12-5-4-10-17-11-12/h2-3,6-7,12,17H,4-5,8-11H2,1H3,(H,18,19)/t12-/m0/s1. The van der Waals surface area contributed by atoms with Crippen LogP contribution in [0.2, 0.25) is 0 Å². The van der Waals surface area contributed by atoms with Crippen LogP contribution in [0.4, 0.5) is 0 Å². The molecule has 3 rings (SSSR count). The van der Waals surface area contributed by atoms with Crippen molar-refractivity contribution < 1.29 is 9.53 Å². The molecule has 1 heterocycles. The zero-order chi connectivity index (χ0) is 14.0. The predicted molar refractivity (Wildman–Crippen MR) is 77.9 cm³/mol. The topological polar surface area (TPSA) is 50.4 Å². The maximum atomic E-state index is 12.7. The summed E-state index contributed by atoms with van der Waals surface area (Å²) in [5.74, 6) is 0.984. The Hall–Kier alpha value is -1.55. The molecule has 0 aromatic heterocycles. The molecule has 1 saturated carbocycles. The third kappa shape index (κ3) is 2.40. The van der Waals surface area contributed by atoms with Crippen molar-refractivity contribution in [1.29, 1.82) is 0 Å². The number of ether oxygens (including phenoxy) is 1. The summed E-state index contributed by atoms with van der Waals surface area (Å²) in [6.07, 6.45) is 4.03. The fourth-order valence-electron chi connectivity index (χ4n) is 3.08. The molecule has 2 N–H and O–H groups in total. The van der Waals surface area contributed by atoms with Crippen LogP contribution in [-0.4, -0.2) is 32.1 Å². The molecule has 4 heteroatoms. The van der Waals surface area contributed by atoms with Crippen LogP contribution >= 0.6 is 0 Å². The van der Waals surface area contributed by atoms with Gasteiger partial charge in [-0.05, 0) is 38.3 Å². The summed E-state index contributed by atoms with van der Waals surface area (Å²) < 4.78 is 5.42. The number of carbonyl (C=O) groups is 1. The number of nitrogens with one attached hydrogen (secondary N) is 2. The van der Waals surface area contributed by atoms with Gasteiger partial charge in [0, 0.05) is 18.2 Å². The number of benzene rings is 1. The van der Waals surface area contributed by atoms with Crippen LogP contribution in [0.25, 0.3) is 0 Å². The van der Waals surface area contributed by atoms with Gasteiger partial charge in [-0.3, -0.25) is 4.79 Å². The zero-order valence-electron chi connectivity index (χ0n) is 11.9. The van der Waals surface area contributed by atoms with E-state index in [4.69, 9.17) is 4.74 Å². The molecule has 0 radical (unpaired) electrons. The molecule has 20 heavy (non-hydrogen) atoms. The van der Waals surface area contributed by atoms with Gasteiger partial charge in [-0.1, -0.05) is 18.2 Å². The SMILES string of the molecule is COc1ccccc1C1(C(=O)N[C@H]2CCCNC2)CC1. The van der Waals surface area contributed by atoms with Crippen molar-refractivity contribution in [2.75, 3.05) is 20.2 Å². The van der Waals surface area contributed by atoms with E-state index in [0.29, 0.717) is 0 Å². The molecule has 1 amide bonds. The maximum Gasteiger partial charge on any atom is 0.231 e. The number of hydrogen-bond donors (Lipinski definition) is 2. The van der Waals surface area contributed by atoms with E-state index < -0.39 is 0 Å². The summed E-state index contributed by atoms with van der Waals surface area (Å²) in [4.78, 5) is 12.7. The van der Waals surface area contributed by atoms with Gasteiger partial charge in [-0.2, -0.15) is 0 Å². The predicted octanol–water partition coefficient (Wildman–Crippen LogP) is 1.59. The van der Waals surface area contributed by atoms with Gasteiger partial charge >= 0.3 is 0 Å². The van der Waals surface area contributed by atoms with Crippen molar-refractivity contribution >= 4 is 5.91 Å². The molecule has 1 aliphatic carbocycles. The molecular weight excluding hydrogens is 252 g/mol. The molecule has 2 fully saturated rings. The third-order valence-electron chi connectivity index (χ3n) is 4.44. The average Bonchev–Trinajstić information content (AvgIpc) is 3.30. The third-order valence-corrected chi connectivity index (χ3v) is 4.44. The first-order valence-electron chi connectivity index (χ1n) is 7.41. The Morgan fingerprint density at radius 3 is 2.85 bits per heavy atom. The van der Waals surface area contributed by atoms with Gasteiger partial charge in [-0.15, -0.1) is 0 Å². The van der Waals surface area contributed by atoms with Gasteiger partial charge < -0.3 is 15.4 Å². The summed E-state index contributed by atoms with van der Waals surface area (Å²) in [7, 11) is 1.66. The molecule has 1 aliphatic heterocycles. The number of rotatable bonds is 4. The first kappa shape index (κ1) is 13.4. The van der Waals surface area contributed by atoms with Crippen molar-refractivity contribution in [2.24, 2.45) is 0 Å². The van der Waals surface area contributed by atoms with E-state index in [0.717, 1.165) is 50.1 Å². The van der Waals surface area contributed by atoms with Gasteiger partial charge in [0.15, 0.2) is 0 Å². The Bertz CT molecular complexity index is 491. The van der Waals surface area contributed by atoms with E-state index in [1.165, 1.54) is 0 Å². The Morgan fingerprint density at radius 1 is 1.40 bits per heavy atom. The minimum Gasteiger partial charge on any atom is -0.496 e. The van der Waals surface area contributed by atoms with Crippen LogP contribution in [0, 0.1) is 0 Å². The fraction of sp³-hybridized carbons (Fsp3) is 0.562. The Labute approximate surface area is 119 Å². The van der Waals surface area contributed by atoms with Crippen LogP contribution in [0.3, 0.4) is 0 Å².